The van der Waals surface area contributed by atoms with Gasteiger partial charge in [0, 0.05) is 48.7 Å². The third-order valence-electron chi connectivity index (χ3n) is 5.80. The Morgan fingerprint density at radius 2 is 1.09 bits per heavy atom. The lowest BCUT2D eigenvalue weighted by Crippen LogP contribution is -2.22. The molecule has 0 atom stereocenters. The molecule has 0 aliphatic carbocycles. The van der Waals surface area contributed by atoms with Crippen molar-refractivity contribution < 1.29 is 12.7 Å². The van der Waals surface area contributed by atoms with Gasteiger partial charge in [-0.2, -0.15) is 8.42 Å². The van der Waals surface area contributed by atoms with Gasteiger partial charge >= 0.3 is 10.1 Å². The molecule has 0 aromatic heterocycles. The first-order chi connectivity index (χ1) is 16.4. The van der Waals surface area contributed by atoms with Crippen LogP contribution in [-0.2, 0) is 14.4 Å². The summed E-state index contributed by atoms with van der Waals surface area (Å²) in [5.41, 5.74) is 4.20. The third kappa shape index (κ3) is 5.97. The fourth-order valence-electron chi connectivity index (χ4n) is 3.83. The Morgan fingerprint density at radius 3 is 1.47 bits per heavy atom. The third-order valence-corrected chi connectivity index (χ3v) is 6.92. The molecule has 0 amide bonds. The molecule has 0 radical (unpaired) electrons. The van der Waals surface area contributed by atoms with E-state index in [1.165, 1.54) is 12.1 Å². The van der Waals surface area contributed by atoms with Gasteiger partial charge in [0.05, 0.1) is 0 Å². The summed E-state index contributed by atoms with van der Waals surface area (Å²) in [5, 5.41) is 4.14. The van der Waals surface area contributed by atoms with Gasteiger partial charge in [-0.3, -0.25) is 4.28 Å². The number of oxime groups is 1. The van der Waals surface area contributed by atoms with Crippen molar-refractivity contribution in [2.24, 2.45) is 5.16 Å². The van der Waals surface area contributed by atoms with Crippen LogP contribution >= 0.6 is 0 Å². The second kappa shape index (κ2) is 11.7. The number of anilines is 2. The average molecular weight is 480 g/mol. The molecule has 3 rings (SSSR count). The maximum absolute atomic E-state index is 12.7. The van der Waals surface area contributed by atoms with Crippen LogP contribution in [-0.4, -0.2) is 40.3 Å². The van der Waals surface area contributed by atoms with E-state index < -0.39 is 10.1 Å². The normalized spacial score (nSPS) is 11.1. The van der Waals surface area contributed by atoms with Crippen molar-refractivity contribution in [1.82, 2.24) is 0 Å². The molecular formula is C27H33N3O3S. The number of hydrogen-bond acceptors (Lipinski definition) is 6. The van der Waals surface area contributed by atoms with Crippen molar-refractivity contribution >= 4 is 27.2 Å². The van der Waals surface area contributed by atoms with E-state index in [1.54, 1.807) is 18.2 Å². The van der Waals surface area contributed by atoms with Gasteiger partial charge in [0.1, 0.15) is 10.6 Å². The van der Waals surface area contributed by atoms with E-state index in [0.717, 1.165) is 48.7 Å². The summed E-state index contributed by atoms with van der Waals surface area (Å²) in [4.78, 5) is 4.55. The standard InChI is InChI=1S/C27H33N3O3S/c1-5-29(6-2)24-18-14-22(15-19-24)27(23-16-20-25(21-17-23)30(7-3)8-4)28-33-34(31,32)26-12-10-9-11-13-26/h9-21H,5-8H2,1-4H3. The largest absolute Gasteiger partial charge is 0.372 e. The predicted octanol–water partition coefficient (Wildman–Crippen LogP) is 5.54. The Labute approximate surface area is 203 Å². The first kappa shape index (κ1) is 25.3. The fraction of sp³-hybridized carbons (Fsp3) is 0.296. The van der Waals surface area contributed by atoms with Crippen LogP contribution in [0.3, 0.4) is 0 Å². The van der Waals surface area contributed by atoms with Crippen LogP contribution in [0.2, 0.25) is 0 Å². The highest BCUT2D eigenvalue weighted by molar-refractivity contribution is 7.86. The van der Waals surface area contributed by atoms with Crippen molar-refractivity contribution in [3.05, 3.63) is 90.0 Å². The van der Waals surface area contributed by atoms with E-state index in [-0.39, 0.29) is 4.90 Å². The molecule has 34 heavy (non-hydrogen) atoms. The van der Waals surface area contributed by atoms with Gasteiger partial charge in [-0.25, -0.2) is 0 Å². The maximum Gasteiger partial charge on any atom is 0.358 e. The molecule has 0 N–H and O–H groups in total. The average Bonchev–Trinajstić information content (AvgIpc) is 2.88. The van der Waals surface area contributed by atoms with Gasteiger partial charge < -0.3 is 9.80 Å². The van der Waals surface area contributed by atoms with Gasteiger partial charge in [-0.05, 0) is 64.1 Å². The SMILES string of the molecule is CCN(CC)c1ccc(C(=NOS(=O)(=O)c2ccccc2)c2ccc(N(CC)CC)cc2)cc1. The Kier molecular flexibility index (Phi) is 8.71. The summed E-state index contributed by atoms with van der Waals surface area (Å²) < 4.78 is 30.6. The Bertz CT molecular complexity index is 1110. The highest BCUT2D eigenvalue weighted by atomic mass is 32.2. The van der Waals surface area contributed by atoms with Gasteiger partial charge in [-0.1, -0.05) is 47.6 Å². The molecule has 0 spiro atoms. The van der Waals surface area contributed by atoms with Crippen molar-refractivity contribution in [2.45, 2.75) is 32.6 Å². The minimum Gasteiger partial charge on any atom is -0.372 e. The van der Waals surface area contributed by atoms with E-state index in [1.807, 2.05) is 48.5 Å². The van der Waals surface area contributed by atoms with E-state index in [9.17, 15) is 8.42 Å². The topological polar surface area (TPSA) is 62.2 Å². The van der Waals surface area contributed by atoms with Crippen LogP contribution in [0.25, 0.3) is 0 Å². The zero-order valence-electron chi connectivity index (χ0n) is 20.3. The molecule has 3 aromatic carbocycles. The van der Waals surface area contributed by atoms with E-state index in [4.69, 9.17) is 4.28 Å². The first-order valence-electron chi connectivity index (χ1n) is 11.7. The Hall–Kier alpha value is -3.32. The van der Waals surface area contributed by atoms with Gasteiger partial charge in [0.2, 0.25) is 0 Å². The van der Waals surface area contributed by atoms with E-state index in [0.29, 0.717) is 5.71 Å². The molecule has 0 heterocycles. The monoisotopic (exact) mass is 479 g/mol. The van der Waals surface area contributed by atoms with Gasteiger partial charge in [-0.15, -0.1) is 0 Å². The maximum atomic E-state index is 12.7. The molecular weight excluding hydrogens is 446 g/mol. The van der Waals surface area contributed by atoms with E-state index >= 15 is 0 Å². The number of hydrogen-bond donors (Lipinski definition) is 0. The quantitative estimate of drug-likeness (QED) is 0.267. The molecule has 0 bridgehead atoms. The summed E-state index contributed by atoms with van der Waals surface area (Å²) in [5.74, 6) is 0. The predicted molar refractivity (Wildman–Crippen MR) is 140 cm³/mol. The van der Waals surface area contributed by atoms with Crippen LogP contribution in [0, 0.1) is 0 Å². The molecule has 0 saturated heterocycles. The number of rotatable bonds is 11. The van der Waals surface area contributed by atoms with Crippen LogP contribution in [0.5, 0.6) is 0 Å². The second-order valence-corrected chi connectivity index (χ2v) is 9.25. The molecule has 3 aromatic rings. The molecule has 180 valence electrons. The molecule has 0 unspecified atom stereocenters. The minimum atomic E-state index is -4.03. The highest BCUT2D eigenvalue weighted by Crippen LogP contribution is 2.22. The second-order valence-electron chi connectivity index (χ2n) is 7.72. The van der Waals surface area contributed by atoms with E-state index in [2.05, 4.69) is 42.7 Å². The molecule has 0 fully saturated rings. The zero-order valence-corrected chi connectivity index (χ0v) is 21.1. The van der Waals surface area contributed by atoms with Crippen molar-refractivity contribution in [3.63, 3.8) is 0 Å². The lowest BCUT2D eigenvalue weighted by molar-refractivity contribution is 0.339. The van der Waals surface area contributed by atoms with Crippen LogP contribution in [0.1, 0.15) is 38.8 Å². The molecule has 7 heteroatoms. The summed E-state index contributed by atoms with van der Waals surface area (Å²) in [7, 11) is -4.03. The summed E-state index contributed by atoms with van der Waals surface area (Å²) in [6, 6.07) is 23.9. The molecule has 0 aliphatic heterocycles. The molecule has 6 nitrogen and oxygen atoms in total. The fourth-order valence-corrected chi connectivity index (χ4v) is 4.58. The molecule has 0 aliphatic rings. The molecule has 0 saturated carbocycles. The number of nitrogens with zero attached hydrogens (tertiary/aromatic N) is 3. The van der Waals surface area contributed by atoms with Crippen molar-refractivity contribution in [2.75, 3.05) is 36.0 Å². The highest BCUT2D eigenvalue weighted by Gasteiger charge is 2.17. The van der Waals surface area contributed by atoms with Crippen LogP contribution in [0.15, 0.2) is 88.9 Å². The summed E-state index contributed by atoms with van der Waals surface area (Å²) >= 11 is 0. The Morgan fingerprint density at radius 1 is 0.676 bits per heavy atom. The Balaban J connectivity index is 2.00. The summed E-state index contributed by atoms with van der Waals surface area (Å²) in [6.07, 6.45) is 0. The van der Waals surface area contributed by atoms with Gasteiger partial charge in [0.25, 0.3) is 0 Å². The summed E-state index contributed by atoms with van der Waals surface area (Å²) in [6.45, 7) is 12.1. The first-order valence-corrected chi connectivity index (χ1v) is 13.1. The zero-order chi connectivity index (χ0) is 24.6. The van der Waals surface area contributed by atoms with Gasteiger partial charge in [0.15, 0.2) is 0 Å². The van der Waals surface area contributed by atoms with Crippen LogP contribution in [0.4, 0.5) is 11.4 Å². The van der Waals surface area contributed by atoms with Crippen LogP contribution < -0.4 is 9.80 Å². The minimum absolute atomic E-state index is 0.0619. The lowest BCUT2D eigenvalue weighted by atomic mass is 10.0. The van der Waals surface area contributed by atoms with Crippen molar-refractivity contribution in [3.8, 4) is 0 Å². The van der Waals surface area contributed by atoms with Crippen molar-refractivity contribution in [1.29, 1.82) is 0 Å². The lowest BCUT2D eigenvalue weighted by Gasteiger charge is -2.22. The number of benzene rings is 3. The smallest absolute Gasteiger partial charge is 0.358 e.